The van der Waals surface area contributed by atoms with E-state index >= 15 is 0 Å². The van der Waals surface area contributed by atoms with Gasteiger partial charge in [-0.05, 0) is 19.1 Å². The first-order chi connectivity index (χ1) is 7.59. The number of cyclic esters (lactones) is 2. The molecule has 1 aliphatic heterocycles. The number of rotatable bonds is 0. The van der Waals surface area contributed by atoms with Gasteiger partial charge in [-0.3, -0.25) is 4.68 Å². The largest absolute Gasteiger partial charge is 0.386 e. The molecule has 1 aliphatic rings. The Bertz CT molecular complexity index is 655. The van der Waals surface area contributed by atoms with Crippen LogP contribution < -0.4 is 0 Å². The molecule has 1 aromatic heterocycles. The molecule has 0 saturated carbocycles. The first kappa shape index (κ1) is 9.08. The molecular weight excluding hydrogens is 208 g/mol. The molecule has 0 spiro atoms. The first-order valence-corrected chi connectivity index (χ1v) is 4.82. The van der Waals surface area contributed by atoms with Crippen molar-refractivity contribution in [2.45, 2.75) is 6.92 Å². The van der Waals surface area contributed by atoms with E-state index in [9.17, 15) is 9.59 Å². The Morgan fingerprint density at radius 2 is 2.00 bits per heavy atom. The molecule has 1 aromatic carbocycles. The van der Waals surface area contributed by atoms with Gasteiger partial charge in [0, 0.05) is 12.4 Å². The van der Waals surface area contributed by atoms with Crippen molar-refractivity contribution in [2.24, 2.45) is 7.05 Å². The predicted molar refractivity (Wildman–Crippen MR) is 55.2 cm³/mol. The number of nitrogens with zero attached hydrogens (tertiary/aromatic N) is 2. The molecule has 5 heteroatoms. The third kappa shape index (κ3) is 0.920. The first-order valence-electron chi connectivity index (χ1n) is 4.82. The van der Waals surface area contributed by atoms with Crippen LogP contribution in [0.1, 0.15) is 26.4 Å². The fourth-order valence-electron chi connectivity index (χ4n) is 2.13. The summed E-state index contributed by atoms with van der Waals surface area (Å²) in [6.45, 7) is 1.80. The number of carbonyl (C=O) groups excluding carboxylic acids is 2. The summed E-state index contributed by atoms with van der Waals surface area (Å²) in [6, 6.07) is 3.38. The number of esters is 2. The van der Waals surface area contributed by atoms with Crippen molar-refractivity contribution in [3.8, 4) is 0 Å². The second-order valence-electron chi connectivity index (χ2n) is 3.77. The van der Waals surface area contributed by atoms with Crippen LogP contribution in [-0.4, -0.2) is 21.7 Å². The van der Waals surface area contributed by atoms with Gasteiger partial charge >= 0.3 is 11.9 Å². The Balaban J connectivity index is 2.54. The van der Waals surface area contributed by atoms with Crippen molar-refractivity contribution in [1.29, 1.82) is 0 Å². The van der Waals surface area contributed by atoms with E-state index in [2.05, 4.69) is 9.84 Å². The minimum atomic E-state index is -0.582. The zero-order valence-electron chi connectivity index (χ0n) is 8.77. The van der Waals surface area contributed by atoms with E-state index in [4.69, 9.17) is 0 Å². The standard InChI is InChI=1S/C11H8N2O3/c1-5-8-7(13(2)12-5)4-3-6-9(8)11(15)16-10(6)14/h3-4H,1-2H3. The number of aryl methyl sites for hydroxylation is 2. The maximum absolute atomic E-state index is 11.6. The molecule has 0 bridgehead atoms. The smallest absolute Gasteiger partial charge is 0.347 e. The quantitative estimate of drug-likeness (QED) is 0.490. The number of fused-ring (bicyclic) bond motifs is 3. The molecule has 3 rings (SSSR count). The average Bonchev–Trinajstić information content (AvgIpc) is 2.67. The second-order valence-corrected chi connectivity index (χ2v) is 3.77. The van der Waals surface area contributed by atoms with Crippen LogP contribution in [0.3, 0.4) is 0 Å². The van der Waals surface area contributed by atoms with Gasteiger partial charge in [0.15, 0.2) is 0 Å². The normalized spacial score (nSPS) is 14.4. The SMILES string of the molecule is Cc1nn(C)c2ccc3c(c12)C(=O)OC3=O. The molecule has 0 fully saturated rings. The van der Waals surface area contributed by atoms with Crippen LogP contribution >= 0.6 is 0 Å². The van der Waals surface area contributed by atoms with E-state index in [0.717, 1.165) is 11.2 Å². The van der Waals surface area contributed by atoms with Gasteiger partial charge in [0.25, 0.3) is 0 Å². The van der Waals surface area contributed by atoms with Crippen LogP contribution in [0.5, 0.6) is 0 Å². The Labute approximate surface area is 90.6 Å². The summed E-state index contributed by atoms with van der Waals surface area (Å²) in [4.78, 5) is 22.9. The molecule has 0 atom stereocenters. The van der Waals surface area contributed by atoms with Gasteiger partial charge in [-0.15, -0.1) is 0 Å². The van der Waals surface area contributed by atoms with Gasteiger partial charge < -0.3 is 4.74 Å². The maximum atomic E-state index is 11.6. The Kier molecular flexibility index (Phi) is 1.53. The lowest BCUT2D eigenvalue weighted by atomic mass is 10.0. The fraction of sp³-hybridized carbons (Fsp3) is 0.182. The third-order valence-corrected chi connectivity index (χ3v) is 2.80. The van der Waals surface area contributed by atoms with Gasteiger partial charge in [0.05, 0.1) is 22.3 Å². The zero-order chi connectivity index (χ0) is 11.4. The Morgan fingerprint density at radius 3 is 2.75 bits per heavy atom. The fourth-order valence-corrected chi connectivity index (χ4v) is 2.13. The molecule has 5 nitrogen and oxygen atoms in total. The number of carbonyl (C=O) groups is 2. The van der Waals surface area contributed by atoms with Crippen LogP contribution in [0.25, 0.3) is 10.9 Å². The molecule has 0 unspecified atom stereocenters. The van der Waals surface area contributed by atoms with E-state index in [1.807, 2.05) is 0 Å². The van der Waals surface area contributed by atoms with Gasteiger partial charge in [0.2, 0.25) is 0 Å². The summed E-state index contributed by atoms with van der Waals surface area (Å²) < 4.78 is 6.27. The van der Waals surface area contributed by atoms with E-state index in [0.29, 0.717) is 16.5 Å². The molecule has 0 saturated heterocycles. The summed E-state index contributed by atoms with van der Waals surface area (Å²) in [7, 11) is 1.80. The van der Waals surface area contributed by atoms with Crippen LogP contribution in [-0.2, 0) is 11.8 Å². The summed E-state index contributed by atoms with van der Waals surface area (Å²) in [5, 5.41) is 4.93. The van der Waals surface area contributed by atoms with Crippen molar-refractivity contribution in [3.05, 3.63) is 29.0 Å². The topological polar surface area (TPSA) is 61.2 Å². The van der Waals surface area contributed by atoms with Crippen LogP contribution in [0, 0.1) is 6.92 Å². The number of benzene rings is 1. The van der Waals surface area contributed by atoms with Crippen molar-refractivity contribution in [2.75, 3.05) is 0 Å². The van der Waals surface area contributed by atoms with Gasteiger partial charge in [-0.2, -0.15) is 5.10 Å². The van der Waals surface area contributed by atoms with E-state index < -0.39 is 11.9 Å². The third-order valence-electron chi connectivity index (χ3n) is 2.80. The molecule has 0 aliphatic carbocycles. The van der Waals surface area contributed by atoms with Crippen LogP contribution in [0.4, 0.5) is 0 Å². The van der Waals surface area contributed by atoms with Gasteiger partial charge in [-0.1, -0.05) is 0 Å². The molecule has 16 heavy (non-hydrogen) atoms. The molecular formula is C11H8N2O3. The van der Waals surface area contributed by atoms with Gasteiger partial charge in [-0.25, -0.2) is 9.59 Å². The molecule has 0 N–H and O–H groups in total. The highest BCUT2D eigenvalue weighted by molar-refractivity contribution is 6.21. The maximum Gasteiger partial charge on any atom is 0.347 e. The second kappa shape index (κ2) is 2.69. The zero-order valence-corrected chi connectivity index (χ0v) is 8.77. The highest BCUT2D eigenvalue weighted by Crippen LogP contribution is 2.30. The van der Waals surface area contributed by atoms with Crippen molar-refractivity contribution in [3.63, 3.8) is 0 Å². The number of aromatic nitrogens is 2. The van der Waals surface area contributed by atoms with Crippen molar-refractivity contribution in [1.82, 2.24) is 9.78 Å². The molecule has 0 radical (unpaired) electrons. The van der Waals surface area contributed by atoms with E-state index in [1.54, 1.807) is 30.8 Å². The minimum absolute atomic E-state index is 0.327. The van der Waals surface area contributed by atoms with E-state index in [-0.39, 0.29) is 0 Å². The number of hydrogen-bond acceptors (Lipinski definition) is 4. The summed E-state index contributed by atoms with van der Waals surface area (Å²) in [5.41, 5.74) is 2.21. The molecule has 0 amide bonds. The number of hydrogen-bond donors (Lipinski definition) is 0. The summed E-state index contributed by atoms with van der Waals surface area (Å²) in [6.07, 6.45) is 0. The van der Waals surface area contributed by atoms with E-state index in [1.165, 1.54) is 0 Å². The summed E-state index contributed by atoms with van der Waals surface area (Å²) in [5.74, 6) is -1.16. The Hall–Kier alpha value is -2.17. The van der Waals surface area contributed by atoms with Crippen LogP contribution in [0.15, 0.2) is 12.1 Å². The lowest BCUT2D eigenvalue weighted by Crippen LogP contribution is -1.97. The van der Waals surface area contributed by atoms with Crippen molar-refractivity contribution < 1.29 is 14.3 Å². The van der Waals surface area contributed by atoms with Gasteiger partial charge in [0.1, 0.15) is 0 Å². The molecule has 80 valence electrons. The number of ether oxygens (including phenoxy) is 1. The highest BCUT2D eigenvalue weighted by atomic mass is 16.6. The minimum Gasteiger partial charge on any atom is -0.386 e. The molecule has 2 heterocycles. The lowest BCUT2D eigenvalue weighted by Gasteiger charge is -1.96. The average molecular weight is 216 g/mol. The van der Waals surface area contributed by atoms with Crippen molar-refractivity contribution >= 4 is 22.8 Å². The van der Waals surface area contributed by atoms with Crippen LogP contribution in [0.2, 0.25) is 0 Å². The highest BCUT2D eigenvalue weighted by Gasteiger charge is 2.33. The lowest BCUT2D eigenvalue weighted by molar-refractivity contribution is 0.0444. The predicted octanol–water partition coefficient (Wildman–Crippen LogP) is 1.19. The monoisotopic (exact) mass is 216 g/mol. The molecule has 2 aromatic rings. The summed E-state index contributed by atoms with van der Waals surface area (Å²) >= 11 is 0. The Morgan fingerprint density at radius 1 is 1.25 bits per heavy atom.